The van der Waals surface area contributed by atoms with Gasteiger partial charge in [0.1, 0.15) is 10.7 Å². The number of halogens is 3. The first-order valence-corrected chi connectivity index (χ1v) is 6.15. The lowest BCUT2D eigenvalue weighted by Crippen LogP contribution is -1.96. The van der Waals surface area contributed by atoms with Crippen LogP contribution in [-0.2, 0) is 0 Å². The molecule has 0 aliphatic heterocycles. The van der Waals surface area contributed by atoms with Gasteiger partial charge >= 0.3 is 0 Å². The van der Waals surface area contributed by atoms with E-state index in [1.807, 2.05) is 0 Å². The molecule has 3 rings (SSSR count). The molecule has 3 aromatic rings. The smallest absolute Gasteiger partial charge is 0.166 e. The molecule has 1 aromatic heterocycles. The molecule has 6 heteroatoms. The minimum absolute atomic E-state index is 0.336. The first-order chi connectivity index (χ1) is 9.08. The Kier molecular flexibility index (Phi) is 2.84. The van der Waals surface area contributed by atoms with Crippen molar-refractivity contribution in [2.75, 3.05) is 0 Å². The zero-order chi connectivity index (χ0) is 13.6. The fourth-order valence-corrected chi connectivity index (χ4v) is 2.34. The minimum Gasteiger partial charge on any atom is -0.505 e. The van der Waals surface area contributed by atoms with Crippen LogP contribution in [0.2, 0.25) is 10.2 Å². The van der Waals surface area contributed by atoms with Crippen molar-refractivity contribution >= 4 is 34.1 Å². The highest BCUT2D eigenvalue weighted by Crippen LogP contribution is 2.31. The maximum atomic E-state index is 13.4. The quantitative estimate of drug-likeness (QED) is 0.731. The Hall–Kier alpha value is -1.78. The lowest BCUT2D eigenvalue weighted by molar-refractivity contribution is 0.432. The monoisotopic (exact) mass is 296 g/mol. The van der Waals surface area contributed by atoms with Crippen LogP contribution < -0.4 is 0 Å². The Bertz CT molecular complexity index is 786. The largest absolute Gasteiger partial charge is 0.505 e. The third-order valence-corrected chi connectivity index (χ3v) is 3.44. The van der Waals surface area contributed by atoms with E-state index in [2.05, 4.69) is 5.10 Å². The van der Waals surface area contributed by atoms with Gasteiger partial charge in [-0.05, 0) is 24.3 Å². The maximum absolute atomic E-state index is 13.4. The predicted molar refractivity (Wildman–Crippen MR) is 72.7 cm³/mol. The molecule has 1 heterocycles. The molecule has 3 nitrogen and oxygen atoms in total. The van der Waals surface area contributed by atoms with Gasteiger partial charge in [0, 0.05) is 11.5 Å². The highest BCUT2D eigenvalue weighted by atomic mass is 35.5. The molecule has 19 heavy (non-hydrogen) atoms. The topological polar surface area (TPSA) is 38.0 Å². The second kappa shape index (κ2) is 4.40. The number of fused-ring (bicyclic) bond motifs is 1. The number of phenols is 1. The molecule has 0 fully saturated rings. The summed E-state index contributed by atoms with van der Waals surface area (Å²) in [6.07, 6.45) is 0. The van der Waals surface area contributed by atoms with Crippen LogP contribution in [0.25, 0.3) is 16.6 Å². The number of hydrogen-bond acceptors (Lipinski definition) is 2. The predicted octanol–water partition coefficient (Wildman–Crippen LogP) is 4.18. The van der Waals surface area contributed by atoms with Gasteiger partial charge < -0.3 is 5.11 Å². The van der Waals surface area contributed by atoms with Gasteiger partial charge in [0.2, 0.25) is 0 Å². The van der Waals surface area contributed by atoms with Crippen LogP contribution in [0.3, 0.4) is 0 Å². The number of hydrogen-bond donors (Lipinski definition) is 1. The lowest BCUT2D eigenvalue weighted by Gasteiger charge is -2.03. The van der Waals surface area contributed by atoms with Gasteiger partial charge in [0.05, 0.1) is 10.7 Å². The molecule has 0 bridgehead atoms. The normalized spacial score (nSPS) is 11.1. The first kappa shape index (κ1) is 12.3. The number of aromatic hydroxyl groups is 1. The average Bonchev–Trinajstić information content (AvgIpc) is 2.72. The molecule has 0 aliphatic rings. The molecule has 0 aliphatic carbocycles. The van der Waals surface area contributed by atoms with Gasteiger partial charge in [0.25, 0.3) is 0 Å². The molecule has 0 unspecified atom stereocenters. The molecule has 0 saturated carbocycles. The van der Waals surface area contributed by atoms with E-state index in [0.29, 0.717) is 26.8 Å². The van der Waals surface area contributed by atoms with Gasteiger partial charge in [-0.3, -0.25) is 0 Å². The fraction of sp³-hybridized carbons (Fsp3) is 0. The summed E-state index contributed by atoms with van der Waals surface area (Å²) in [7, 11) is 0. The zero-order valence-electron chi connectivity index (χ0n) is 9.44. The molecule has 0 spiro atoms. The molecule has 0 radical (unpaired) electrons. The van der Waals surface area contributed by atoms with Gasteiger partial charge in [-0.1, -0.05) is 29.3 Å². The molecule has 0 saturated heterocycles. The zero-order valence-corrected chi connectivity index (χ0v) is 11.0. The summed E-state index contributed by atoms with van der Waals surface area (Å²) in [6, 6.07) is 9.17. The molecule has 0 amide bonds. The van der Waals surface area contributed by atoms with Crippen LogP contribution in [0.1, 0.15) is 0 Å². The van der Waals surface area contributed by atoms with Crippen LogP contribution in [0, 0.1) is 5.82 Å². The van der Waals surface area contributed by atoms with Crippen LogP contribution in [-0.4, -0.2) is 14.9 Å². The van der Waals surface area contributed by atoms with E-state index in [1.54, 1.807) is 18.2 Å². The van der Waals surface area contributed by atoms with E-state index >= 15 is 0 Å². The number of aromatic nitrogens is 2. The lowest BCUT2D eigenvalue weighted by atomic mass is 10.2. The Balaban J connectivity index is 2.28. The van der Waals surface area contributed by atoms with Crippen molar-refractivity contribution in [1.29, 1.82) is 0 Å². The van der Waals surface area contributed by atoms with Crippen LogP contribution in [0.15, 0.2) is 36.4 Å². The second-order valence-corrected chi connectivity index (χ2v) is 4.74. The molecule has 1 N–H and O–H groups in total. The van der Waals surface area contributed by atoms with Crippen LogP contribution in [0.4, 0.5) is 4.39 Å². The summed E-state index contributed by atoms with van der Waals surface area (Å²) in [5, 5.41) is 14.9. The average molecular weight is 297 g/mol. The van der Waals surface area contributed by atoms with Gasteiger partial charge in [-0.2, -0.15) is 5.10 Å². The Labute approximate surface area is 117 Å². The summed E-state index contributed by atoms with van der Waals surface area (Å²) < 4.78 is 14.7. The van der Waals surface area contributed by atoms with Crippen molar-refractivity contribution < 1.29 is 9.50 Å². The number of nitrogens with zero attached hydrogens (tertiary/aromatic N) is 2. The van der Waals surface area contributed by atoms with Crippen molar-refractivity contribution in [2.24, 2.45) is 0 Å². The fourth-order valence-electron chi connectivity index (χ4n) is 1.84. The third-order valence-electron chi connectivity index (χ3n) is 2.77. The first-order valence-electron chi connectivity index (χ1n) is 5.39. The highest BCUT2D eigenvalue weighted by Gasteiger charge is 2.14. The van der Waals surface area contributed by atoms with Crippen molar-refractivity contribution in [2.45, 2.75) is 0 Å². The van der Waals surface area contributed by atoms with Crippen molar-refractivity contribution in [3.05, 3.63) is 52.4 Å². The highest BCUT2D eigenvalue weighted by molar-refractivity contribution is 6.38. The summed E-state index contributed by atoms with van der Waals surface area (Å²) in [6.45, 7) is 0. The van der Waals surface area contributed by atoms with E-state index in [-0.39, 0.29) is 0 Å². The molecular weight excluding hydrogens is 290 g/mol. The van der Waals surface area contributed by atoms with Gasteiger partial charge in [-0.15, -0.1) is 0 Å². The molecule has 0 atom stereocenters. The third kappa shape index (κ3) is 1.93. The van der Waals surface area contributed by atoms with Gasteiger partial charge in [0.15, 0.2) is 11.6 Å². The summed E-state index contributed by atoms with van der Waals surface area (Å²) in [4.78, 5) is 0. The maximum Gasteiger partial charge on any atom is 0.166 e. The van der Waals surface area contributed by atoms with Crippen molar-refractivity contribution in [1.82, 2.24) is 9.78 Å². The minimum atomic E-state index is -0.737. The summed E-state index contributed by atoms with van der Waals surface area (Å²) in [5.41, 5.74) is 0.954. The second-order valence-electron chi connectivity index (χ2n) is 3.97. The van der Waals surface area contributed by atoms with E-state index in [1.165, 1.54) is 16.8 Å². The standard InChI is InChI=1S/C13H7Cl2FN2O/c14-9-3-1-2-8-12(9)17-18(13(8)15)7-4-5-11(19)10(16)6-7/h1-6,19H. The molecule has 2 aromatic carbocycles. The SMILES string of the molecule is Oc1ccc(-n2nc3c(Cl)cccc3c2Cl)cc1F. The van der Waals surface area contributed by atoms with E-state index in [4.69, 9.17) is 23.2 Å². The van der Waals surface area contributed by atoms with Crippen molar-refractivity contribution in [3.63, 3.8) is 0 Å². The van der Waals surface area contributed by atoms with Crippen LogP contribution >= 0.6 is 23.2 Å². The van der Waals surface area contributed by atoms with Crippen molar-refractivity contribution in [3.8, 4) is 11.4 Å². The van der Waals surface area contributed by atoms with Gasteiger partial charge in [-0.25, -0.2) is 9.07 Å². The Morgan fingerprint density at radius 3 is 2.63 bits per heavy atom. The summed E-state index contributed by atoms with van der Waals surface area (Å²) in [5.74, 6) is -1.16. The Morgan fingerprint density at radius 1 is 1.16 bits per heavy atom. The van der Waals surface area contributed by atoms with E-state index in [0.717, 1.165) is 6.07 Å². The number of benzene rings is 2. The Morgan fingerprint density at radius 2 is 1.95 bits per heavy atom. The summed E-state index contributed by atoms with van der Waals surface area (Å²) >= 11 is 12.3. The number of rotatable bonds is 1. The molecular formula is C13H7Cl2FN2O. The van der Waals surface area contributed by atoms with Crippen LogP contribution in [0.5, 0.6) is 5.75 Å². The van der Waals surface area contributed by atoms with E-state index < -0.39 is 11.6 Å². The molecule has 96 valence electrons. The number of phenolic OH excluding ortho intramolecular Hbond substituents is 1. The van der Waals surface area contributed by atoms with E-state index in [9.17, 15) is 9.50 Å².